The van der Waals surface area contributed by atoms with Crippen molar-refractivity contribution in [2.75, 3.05) is 11.9 Å². The van der Waals surface area contributed by atoms with Crippen LogP contribution in [0.15, 0.2) is 24.4 Å². The maximum atomic E-state index is 5.98. The molecule has 1 saturated carbocycles. The van der Waals surface area contributed by atoms with Gasteiger partial charge in [-0.15, -0.1) is 10.2 Å². The van der Waals surface area contributed by atoms with Crippen molar-refractivity contribution in [1.29, 1.82) is 0 Å². The predicted molar refractivity (Wildman–Crippen MR) is 118 cm³/mol. The predicted octanol–water partition coefficient (Wildman–Crippen LogP) is 4.43. The first-order chi connectivity index (χ1) is 14.3. The minimum atomic E-state index is 0.0111. The van der Waals surface area contributed by atoms with Gasteiger partial charge in [-0.05, 0) is 31.9 Å². The van der Waals surface area contributed by atoms with Crippen molar-refractivity contribution in [3.63, 3.8) is 0 Å². The van der Waals surface area contributed by atoms with E-state index in [1.807, 2.05) is 19.2 Å². The topological polar surface area (TPSA) is 85.7 Å². The molecular weight excluding hydrogens is 396 g/mol. The van der Waals surface area contributed by atoms with Gasteiger partial charge in [0.25, 0.3) is 0 Å². The van der Waals surface area contributed by atoms with Crippen molar-refractivity contribution in [2.24, 2.45) is 5.92 Å². The van der Waals surface area contributed by atoms with Gasteiger partial charge < -0.3 is 10.1 Å². The van der Waals surface area contributed by atoms with Gasteiger partial charge >= 0.3 is 0 Å². The van der Waals surface area contributed by atoms with E-state index in [4.69, 9.17) is 4.74 Å². The molecule has 30 heavy (non-hydrogen) atoms. The Bertz CT molecular complexity index is 1010. The maximum absolute atomic E-state index is 5.98. The van der Waals surface area contributed by atoms with E-state index >= 15 is 0 Å². The number of rotatable bonds is 7. The minimum absolute atomic E-state index is 0.0111. The zero-order valence-electron chi connectivity index (χ0n) is 18.1. The summed E-state index contributed by atoms with van der Waals surface area (Å²) in [5, 5.41) is 13.9. The number of anilines is 1. The van der Waals surface area contributed by atoms with Crippen LogP contribution in [0.5, 0.6) is 5.88 Å². The molecular formula is C22H28N6OS. The molecule has 0 amide bonds. The minimum Gasteiger partial charge on any atom is -0.477 e. The number of ether oxygens (including phenoxy) is 1. The Kier molecular flexibility index (Phi) is 5.69. The first kappa shape index (κ1) is 20.7. The van der Waals surface area contributed by atoms with Crippen molar-refractivity contribution >= 4 is 17.2 Å². The Morgan fingerprint density at radius 1 is 1.17 bits per heavy atom. The third-order valence-electron chi connectivity index (χ3n) is 5.03. The van der Waals surface area contributed by atoms with E-state index in [0.29, 0.717) is 36.7 Å². The summed E-state index contributed by atoms with van der Waals surface area (Å²) >= 11 is 1.62. The van der Waals surface area contributed by atoms with Gasteiger partial charge in [-0.3, -0.25) is 4.98 Å². The highest BCUT2D eigenvalue weighted by atomic mass is 32.1. The second-order valence-corrected chi connectivity index (χ2v) is 9.98. The summed E-state index contributed by atoms with van der Waals surface area (Å²) in [5.41, 5.74) is 2.35. The van der Waals surface area contributed by atoms with E-state index in [1.54, 1.807) is 11.3 Å². The number of nitrogens with one attached hydrogen (secondary N) is 1. The Morgan fingerprint density at radius 2 is 2.00 bits per heavy atom. The molecule has 0 aliphatic heterocycles. The van der Waals surface area contributed by atoms with Crippen LogP contribution in [0.25, 0.3) is 0 Å². The van der Waals surface area contributed by atoms with Crippen LogP contribution in [0.4, 0.5) is 5.82 Å². The van der Waals surface area contributed by atoms with Gasteiger partial charge in [0.1, 0.15) is 21.7 Å². The summed E-state index contributed by atoms with van der Waals surface area (Å²) in [6.07, 6.45) is 3.04. The molecule has 3 heterocycles. The monoisotopic (exact) mass is 424 g/mol. The molecule has 0 bridgehead atoms. The molecule has 1 aliphatic carbocycles. The molecule has 3 aromatic heterocycles. The van der Waals surface area contributed by atoms with E-state index in [1.165, 1.54) is 5.56 Å². The van der Waals surface area contributed by atoms with E-state index < -0.39 is 0 Å². The lowest BCUT2D eigenvalue weighted by Gasteiger charge is -2.12. The van der Waals surface area contributed by atoms with Gasteiger partial charge in [0.2, 0.25) is 5.88 Å². The van der Waals surface area contributed by atoms with E-state index in [2.05, 4.69) is 70.3 Å². The fraction of sp³-hybridized carbons (Fsp3) is 0.500. The van der Waals surface area contributed by atoms with Crippen LogP contribution in [0.3, 0.4) is 0 Å². The van der Waals surface area contributed by atoms with Crippen LogP contribution in [0.2, 0.25) is 0 Å². The first-order valence-corrected chi connectivity index (χ1v) is 11.1. The summed E-state index contributed by atoms with van der Waals surface area (Å²) in [5.74, 6) is 2.98. The van der Waals surface area contributed by atoms with Crippen LogP contribution in [-0.2, 0) is 12.0 Å². The summed E-state index contributed by atoms with van der Waals surface area (Å²) in [6.45, 7) is 11.6. The van der Waals surface area contributed by atoms with Gasteiger partial charge in [0.15, 0.2) is 0 Å². The van der Waals surface area contributed by atoms with Gasteiger partial charge in [-0.2, -0.15) is 4.98 Å². The number of nitrogens with zero attached hydrogens (tertiary/aromatic N) is 5. The molecule has 0 aromatic carbocycles. The van der Waals surface area contributed by atoms with Crippen molar-refractivity contribution in [2.45, 2.75) is 58.9 Å². The van der Waals surface area contributed by atoms with E-state index in [-0.39, 0.29) is 5.41 Å². The van der Waals surface area contributed by atoms with Crippen molar-refractivity contribution < 1.29 is 4.74 Å². The molecule has 2 atom stereocenters. The van der Waals surface area contributed by atoms with Crippen LogP contribution in [0.1, 0.15) is 60.2 Å². The van der Waals surface area contributed by atoms with Crippen molar-refractivity contribution in [3.8, 4) is 5.88 Å². The average Bonchev–Trinajstić information content (AvgIpc) is 3.29. The molecule has 158 valence electrons. The maximum Gasteiger partial charge on any atom is 0.218 e. The van der Waals surface area contributed by atoms with Crippen LogP contribution in [0, 0.1) is 19.8 Å². The second-order valence-electron chi connectivity index (χ2n) is 8.92. The number of aryl methyl sites for hydroxylation is 2. The van der Waals surface area contributed by atoms with Crippen molar-refractivity contribution in [3.05, 3.63) is 51.5 Å². The quantitative estimate of drug-likeness (QED) is 0.600. The summed E-state index contributed by atoms with van der Waals surface area (Å²) < 4.78 is 5.98. The fourth-order valence-electron chi connectivity index (χ4n) is 3.18. The Morgan fingerprint density at radius 3 is 2.70 bits per heavy atom. The number of hydrogen-bond donors (Lipinski definition) is 1. The normalized spacial score (nSPS) is 18.3. The Labute approximate surface area is 181 Å². The van der Waals surface area contributed by atoms with Crippen LogP contribution < -0.4 is 10.1 Å². The summed E-state index contributed by atoms with van der Waals surface area (Å²) in [7, 11) is 0. The lowest BCUT2D eigenvalue weighted by atomic mass is 9.98. The van der Waals surface area contributed by atoms with Gasteiger partial charge in [-0.25, -0.2) is 4.98 Å². The smallest absolute Gasteiger partial charge is 0.218 e. The summed E-state index contributed by atoms with van der Waals surface area (Å²) in [6, 6.07) is 6.09. The molecule has 1 fully saturated rings. The Balaban J connectivity index is 1.32. The fourth-order valence-corrected chi connectivity index (χ4v) is 4.02. The number of aromatic nitrogens is 5. The molecule has 8 heteroatoms. The zero-order valence-corrected chi connectivity index (χ0v) is 19.0. The molecule has 3 aromatic rings. The van der Waals surface area contributed by atoms with Gasteiger partial charge in [0, 0.05) is 35.2 Å². The van der Waals surface area contributed by atoms with E-state index in [9.17, 15) is 0 Å². The third kappa shape index (κ3) is 5.11. The van der Waals surface area contributed by atoms with Crippen LogP contribution in [-0.4, -0.2) is 31.8 Å². The highest BCUT2D eigenvalue weighted by molar-refractivity contribution is 7.11. The molecule has 4 rings (SSSR count). The molecule has 0 spiro atoms. The SMILES string of the molecule is Cc1ccc(C2CC2COc2cc(NCc3nnc(C(C)(C)C)s3)nc(C)n2)nc1. The lowest BCUT2D eigenvalue weighted by molar-refractivity contribution is 0.284. The molecule has 1 aliphatic rings. The van der Waals surface area contributed by atoms with Gasteiger partial charge in [-0.1, -0.05) is 38.2 Å². The zero-order chi connectivity index (χ0) is 21.3. The number of hydrogen-bond acceptors (Lipinski definition) is 8. The third-order valence-corrected chi connectivity index (χ3v) is 6.37. The highest BCUT2D eigenvalue weighted by Crippen LogP contribution is 2.46. The molecule has 0 saturated heterocycles. The second kappa shape index (κ2) is 8.26. The van der Waals surface area contributed by atoms with Gasteiger partial charge in [0.05, 0.1) is 13.2 Å². The average molecular weight is 425 g/mol. The number of pyridine rings is 1. The largest absolute Gasteiger partial charge is 0.477 e. The highest BCUT2D eigenvalue weighted by Gasteiger charge is 2.40. The lowest BCUT2D eigenvalue weighted by Crippen LogP contribution is -2.10. The molecule has 2 unspecified atom stereocenters. The van der Waals surface area contributed by atoms with E-state index in [0.717, 1.165) is 27.9 Å². The van der Waals surface area contributed by atoms with Crippen LogP contribution >= 0.6 is 11.3 Å². The first-order valence-electron chi connectivity index (χ1n) is 10.3. The molecule has 0 radical (unpaired) electrons. The molecule has 7 nitrogen and oxygen atoms in total. The summed E-state index contributed by atoms with van der Waals surface area (Å²) in [4.78, 5) is 13.4. The van der Waals surface area contributed by atoms with Crippen molar-refractivity contribution in [1.82, 2.24) is 25.1 Å². The Hall–Kier alpha value is -2.61. The molecule has 1 N–H and O–H groups in total. The standard InChI is InChI=1S/C22H28N6OS/c1-13-6-7-17(23-10-13)16-8-15(16)12-29-19-9-18(25-14(2)26-19)24-11-20-27-28-21(30-20)22(3,4)5/h6-7,9-10,15-16H,8,11-12H2,1-5H3,(H,24,25,26).